The van der Waals surface area contributed by atoms with E-state index in [-0.39, 0.29) is 23.0 Å². The van der Waals surface area contributed by atoms with Crippen molar-refractivity contribution in [3.8, 4) is 11.8 Å². The van der Waals surface area contributed by atoms with Crippen molar-refractivity contribution < 1.29 is 13.5 Å². The first-order valence-corrected chi connectivity index (χ1v) is 11.6. The van der Waals surface area contributed by atoms with Gasteiger partial charge in [-0.3, -0.25) is 4.99 Å². The number of rotatable bonds is 5. The summed E-state index contributed by atoms with van der Waals surface area (Å²) in [4.78, 5) is 21.6. The molecule has 8 nitrogen and oxygen atoms in total. The molecule has 10 heteroatoms. The number of pyridine rings is 1. The van der Waals surface area contributed by atoms with E-state index < -0.39 is 17.6 Å². The number of anilines is 2. The number of nitrogens with one attached hydrogen (secondary N) is 1. The van der Waals surface area contributed by atoms with Crippen molar-refractivity contribution in [2.45, 2.75) is 20.3 Å². The topological polar surface area (TPSA) is 78.8 Å². The molecule has 5 rings (SSSR count). The molecule has 0 atom stereocenters. The van der Waals surface area contributed by atoms with Gasteiger partial charge in [-0.1, -0.05) is 23.8 Å². The third kappa shape index (κ3) is 4.93. The minimum Gasteiger partial charge on any atom is -0.417 e. The predicted octanol–water partition coefficient (Wildman–Crippen LogP) is 3.98. The van der Waals surface area contributed by atoms with Gasteiger partial charge in [0, 0.05) is 43.4 Å². The molecular formula is C25H27F2N7O. The Labute approximate surface area is 202 Å². The Morgan fingerprint density at radius 3 is 2.66 bits per heavy atom. The molecule has 1 aliphatic carbocycles. The highest BCUT2D eigenvalue weighted by Gasteiger charge is 2.25. The Hall–Kier alpha value is -3.66. The summed E-state index contributed by atoms with van der Waals surface area (Å²) in [5, 5.41) is 3.12. The van der Waals surface area contributed by atoms with Crippen LogP contribution in [0.3, 0.4) is 0 Å². The normalized spacial score (nSPS) is 18.0. The van der Waals surface area contributed by atoms with E-state index in [1.807, 2.05) is 32.1 Å². The molecule has 35 heavy (non-hydrogen) atoms. The lowest BCUT2D eigenvalue weighted by molar-refractivity contribution is 0.311. The van der Waals surface area contributed by atoms with Crippen LogP contribution in [0.25, 0.3) is 6.08 Å². The highest BCUT2D eigenvalue weighted by atomic mass is 19.1. The molecule has 1 fully saturated rings. The second-order valence-corrected chi connectivity index (χ2v) is 8.91. The number of ether oxygens (including phenoxy) is 1. The van der Waals surface area contributed by atoms with Gasteiger partial charge in [0.15, 0.2) is 5.82 Å². The zero-order chi connectivity index (χ0) is 24.5. The van der Waals surface area contributed by atoms with Crippen molar-refractivity contribution in [3.63, 3.8) is 0 Å². The zero-order valence-electron chi connectivity index (χ0n) is 20.0. The zero-order valence-corrected chi connectivity index (χ0v) is 20.0. The summed E-state index contributed by atoms with van der Waals surface area (Å²) in [7, 11) is 2.07. The van der Waals surface area contributed by atoms with Gasteiger partial charge in [-0.25, -0.2) is 4.39 Å². The van der Waals surface area contributed by atoms with Gasteiger partial charge < -0.3 is 19.9 Å². The highest BCUT2D eigenvalue weighted by molar-refractivity contribution is 6.05. The first kappa shape index (κ1) is 23.1. The number of hydrogen-bond acceptors (Lipinski definition) is 8. The maximum Gasteiger partial charge on any atom is 0.260 e. The fourth-order valence-electron chi connectivity index (χ4n) is 4.29. The number of halogens is 2. The molecule has 2 aromatic rings. The van der Waals surface area contributed by atoms with Crippen LogP contribution >= 0.6 is 0 Å². The number of fused-ring (bicyclic) bond motifs is 1. The summed E-state index contributed by atoms with van der Waals surface area (Å²) in [6.45, 7) is 7.62. The fraction of sp³-hybridized carbons (Fsp3) is 0.360. The Kier molecular flexibility index (Phi) is 6.29. The average molecular weight is 480 g/mol. The molecular weight excluding hydrogens is 452 g/mol. The van der Waals surface area contributed by atoms with Gasteiger partial charge in [-0.15, -0.1) is 0 Å². The molecule has 0 aromatic carbocycles. The number of allylic oxidation sites excluding steroid dienone is 2. The Morgan fingerprint density at radius 1 is 1.09 bits per heavy atom. The summed E-state index contributed by atoms with van der Waals surface area (Å²) >= 11 is 0. The fourth-order valence-corrected chi connectivity index (χ4v) is 4.29. The maximum absolute atomic E-state index is 15.1. The summed E-state index contributed by atoms with van der Waals surface area (Å²) in [6, 6.07) is 1.63. The lowest BCUT2D eigenvalue weighted by Gasteiger charge is -2.33. The molecule has 4 heterocycles. The number of piperazine rings is 1. The van der Waals surface area contributed by atoms with E-state index in [9.17, 15) is 4.39 Å². The quantitative estimate of drug-likeness (QED) is 0.650. The predicted molar refractivity (Wildman–Crippen MR) is 132 cm³/mol. The number of aliphatic imine (C=N–C) groups is 1. The van der Waals surface area contributed by atoms with Gasteiger partial charge in [0.1, 0.15) is 11.7 Å². The SMILES string of the molecule is C/C=C/C1=CC(Nc2nc(Oc3nc(F)c4c(c3F)C=C(C)C4)cc(N3CCN(C)CC3)n2)=NC1. The summed E-state index contributed by atoms with van der Waals surface area (Å²) in [5.41, 5.74) is 2.35. The Morgan fingerprint density at radius 2 is 1.89 bits per heavy atom. The third-order valence-corrected chi connectivity index (χ3v) is 6.14. The van der Waals surface area contributed by atoms with E-state index in [1.165, 1.54) is 0 Å². The number of amidine groups is 1. The van der Waals surface area contributed by atoms with Crippen molar-refractivity contribution in [2.75, 3.05) is 50.0 Å². The van der Waals surface area contributed by atoms with E-state index in [2.05, 4.69) is 42.1 Å². The molecule has 182 valence electrons. The van der Waals surface area contributed by atoms with Crippen molar-refractivity contribution in [1.82, 2.24) is 19.9 Å². The molecule has 0 radical (unpaired) electrons. The van der Waals surface area contributed by atoms with Gasteiger partial charge >= 0.3 is 0 Å². The summed E-state index contributed by atoms with van der Waals surface area (Å²) in [5.74, 6) is -0.324. The molecule has 0 amide bonds. The molecule has 2 aromatic heterocycles. The average Bonchev–Trinajstić information content (AvgIpc) is 3.44. The van der Waals surface area contributed by atoms with E-state index in [4.69, 9.17) is 4.74 Å². The van der Waals surface area contributed by atoms with Crippen molar-refractivity contribution in [3.05, 3.63) is 58.3 Å². The van der Waals surface area contributed by atoms with Crippen LogP contribution in [0.15, 0.2) is 40.4 Å². The van der Waals surface area contributed by atoms with Gasteiger partial charge in [0.25, 0.3) is 5.88 Å². The van der Waals surface area contributed by atoms with Gasteiger partial charge in [0.2, 0.25) is 17.8 Å². The number of nitrogens with zero attached hydrogens (tertiary/aromatic N) is 6. The van der Waals surface area contributed by atoms with Crippen molar-refractivity contribution in [1.29, 1.82) is 0 Å². The molecule has 0 saturated carbocycles. The molecule has 1 saturated heterocycles. The summed E-state index contributed by atoms with van der Waals surface area (Å²) < 4.78 is 35.5. The third-order valence-electron chi connectivity index (χ3n) is 6.14. The number of hydrogen-bond donors (Lipinski definition) is 1. The molecule has 0 bridgehead atoms. The highest BCUT2D eigenvalue weighted by Crippen LogP contribution is 2.34. The standard InChI is InChI=1S/C25H27F2N7O/c1-4-5-16-12-19(28-14-16)29-25-30-20(34-8-6-33(3)7-9-34)13-21(31-25)35-24-22(26)17-10-15(2)11-18(17)23(27)32-24/h4-5,10,12-13H,6-9,11,14H2,1-3H3,(H,28,29,30,31)/b5-4+. The van der Waals surface area contributed by atoms with Crippen LogP contribution < -0.4 is 15.0 Å². The molecule has 2 aliphatic heterocycles. The van der Waals surface area contributed by atoms with Crippen molar-refractivity contribution >= 4 is 23.7 Å². The Balaban J connectivity index is 1.47. The van der Waals surface area contributed by atoms with Crippen molar-refractivity contribution in [2.24, 2.45) is 4.99 Å². The number of aromatic nitrogens is 3. The second kappa shape index (κ2) is 9.53. The molecule has 0 unspecified atom stereocenters. The van der Waals surface area contributed by atoms with E-state index >= 15 is 4.39 Å². The van der Waals surface area contributed by atoms with E-state index in [0.717, 1.165) is 37.3 Å². The minimum absolute atomic E-state index is 0.0668. The lowest BCUT2D eigenvalue weighted by Crippen LogP contribution is -2.44. The Bertz CT molecular complexity index is 1280. The van der Waals surface area contributed by atoms with Crippen LogP contribution in [0.1, 0.15) is 25.0 Å². The van der Waals surface area contributed by atoms with E-state index in [1.54, 1.807) is 12.1 Å². The largest absolute Gasteiger partial charge is 0.417 e. The maximum atomic E-state index is 15.1. The van der Waals surface area contributed by atoms with Gasteiger partial charge in [0.05, 0.1) is 6.54 Å². The lowest BCUT2D eigenvalue weighted by atomic mass is 10.1. The smallest absolute Gasteiger partial charge is 0.260 e. The first-order valence-electron chi connectivity index (χ1n) is 11.6. The molecule has 0 spiro atoms. The van der Waals surface area contributed by atoms with Gasteiger partial charge in [-0.2, -0.15) is 19.3 Å². The first-order chi connectivity index (χ1) is 16.9. The second-order valence-electron chi connectivity index (χ2n) is 8.91. The number of likely N-dealkylation sites (N-methyl/N-ethyl adjacent to an activating group) is 1. The monoisotopic (exact) mass is 479 g/mol. The van der Waals surface area contributed by atoms with Crippen LogP contribution in [0.2, 0.25) is 0 Å². The van der Waals surface area contributed by atoms with Crippen LogP contribution in [0.5, 0.6) is 11.8 Å². The minimum atomic E-state index is -0.738. The van der Waals surface area contributed by atoms with E-state index in [0.29, 0.717) is 24.6 Å². The van der Waals surface area contributed by atoms with Crippen LogP contribution in [0, 0.1) is 11.8 Å². The molecule has 1 N–H and O–H groups in total. The van der Waals surface area contributed by atoms with Crippen LogP contribution in [-0.2, 0) is 6.42 Å². The van der Waals surface area contributed by atoms with Crippen LogP contribution in [0.4, 0.5) is 20.5 Å². The van der Waals surface area contributed by atoms with Crippen LogP contribution in [-0.4, -0.2) is 65.5 Å². The molecule has 3 aliphatic rings. The summed E-state index contributed by atoms with van der Waals surface area (Å²) in [6.07, 6.45) is 7.82. The van der Waals surface area contributed by atoms with Gasteiger partial charge in [-0.05, 0) is 39.0 Å².